The molecule has 70 valence electrons. The molecule has 0 aliphatic carbocycles. The Balaban J connectivity index is 2.91. The summed E-state index contributed by atoms with van der Waals surface area (Å²) in [6.07, 6.45) is 0.784. The number of carbonyl (C=O) groups excluding carboxylic acids is 3. The Morgan fingerprint density at radius 3 is 2.46 bits per heavy atom. The number of rotatable bonds is 2. The molecule has 0 spiro atoms. The number of aliphatic carboxylic acids is 2. The van der Waals surface area contributed by atoms with Crippen LogP contribution in [-0.4, -0.2) is 24.0 Å². The third-order valence-electron chi connectivity index (χ3n) is 1.34. The first-order valence-electron chi connectivity index (χ1n) is 3.22. The van der Waals surface area contributed by atoms with Gasteiger partial charge in [0.2, 0.25) is 0 Å². The number of urea groups is 1. The highest BCUT2D eigenvalue weighted by Crippen LogP contribution is 1.98. The summed E-state index contributed by atoms with van der Waals surface area (Å²) in [7, 11) is 0. The zero-order chi connectivity index (χ0) is 10.0. The lowest BCUT2D eigenvalue weighted by Gasteiger charge is -2.24. The maximum Gasteiger partial charge on any atom is 0.320 e. The first-order chi connectivity index (χ1) is 6.00. The molecule has 2 N–H and O–H groups in total. The lowest BCUT2D eigenvalue weighted by Crippen LogP contribution is -2.55. The van der Waals surface area contributed by atoms with Crippen molar-refractivity contribution in [1.82, 2.24) is 10.6 Å². The van der Waals surface area contributed by atoms with Crippen molar-refractivity contribution in [2.24, 2.45) is 0 Å². The van der Waals surface area contributed by atoms with Gasteiger partial charge in [-0.3, -0.25) is 0 Å². The van der Waals surface area contributed by atoms with Crippen LogP contribution in [0.15, 0.2) is 11.8 Å². The fraction of sp³-hybridized carbons (Fsp3) is 0.167. The summed E-state index contributed by atoms with van der Waals surface area (Å²) in [6, 6.07) is -2.36. The van der Waals surface area contributed by atoms with Crippen molar-refractivity contribution in [2.45, 2.75) is 6.04 Å². The van der Waals surface area contributed by atoms with Gasteiger partial charge in [0.1, 0.15) is 0 Å². The van der Waals surface area contributed by atoms with Crippen molar-refractivity contribution < 1.29 is 24.6 Å². The summed E-state index contributed by atoms with van der Waals surface area (Å²) in [5, 5.41) is 24.3. The predicted molar refractivity (Wildman–Crippen MR) is 33.6 cm³/mol. The largest absolute Gasteiger partial charge is 0.548 e. The van der Waals surface area contributed by atoms with Crippen molar-refractivity contribution in [3.05, 3.63) is 11.8 Å². The van der Waals surface area contributed by atoms with Gasteiger partial charge < -0.3 is 30.4 Å². The smallest absolute Gasteiger partial charge is 0.320 e. The first-order valence-corrected chi connectivity index (χ1v) is 3.22. The summed E-state index contributed by atoms with van der Waals surface area (Å²) in [5.41, 5.74) is -0.585. The van der Waals surface area contributed by atoms with Gasteiger partial charge in [-0.25, -0.2) is 4.79 Å². The molecule has 2 amide bonds. The van der Waals surface area contributed by atoms with E-state index in [0.29, 0.717) is 0 Å². The van der Waals surface area contributed by atoms with E-state index in [4.69, 9.17) is 0 Å². The van der Waals surface area contributed by atoms with Gasteiger partial charge in [0.25, 0.3) is 0 Å². The highest BCUT2D eigenvalue weighted by molar-refractivity contribution is 5.95. The Bertz CT molecular complexity index is 308. The minimum Gasteiger partial charge on any atom is -0.548 e. The van der Waals surface area contributed by atoms with E-state index in [0.717, 1.165) is 6.08 Å². The van der Waals surface area contributed by atoms with Crippen LogP contribution in [0.2, 0.25) is 0 Å². The van der Waals surface area contributed by atoms with Crippen molar-refractivity contribution in [1.29, 1.82) is 0 Å². The fourth-order valence-corrected chi connectivity index (χ4v) is 0.796. The second-order valence-electron chi connectivity index (χ2n) is 2.26. The monoisotopic (exact) mass is 184 g/mol. The summed E-state index contributed by atoms with van der Waals surface area (Å²) >= 11 is 0. The van der Waals surface area contributed by atoms with Gasteiger partial charge in [0.15, 0.2) is 0 Å². The van der Waals surface area contributed by atoms with Crippen molar-refractivity contribution in [3.63, 3.8) is 0 Å². The molecule has 1 heterocycles. The molecule has 13 heavy (non-hydrogen) atoms. The number of carboxylic acids is 2. The van der Waals surface area contributed by atoms with Gasteiger partial charge in [0, 0.05) is 0 Å². The zero-order valence-corrected chi connectivity index (χ0v) is 6.20. The molecule has 0 fully saturated rings. The molecule has 1 aliphatic rings. The summed E-state index contributed by atoms with van der Waals surface area (Å²) in [4.78, 5) is 31.1. The molecule has 1 aliphatic heterocycles. The quantitative estimate of drug-likeness (QED) is 0.453. The second kappa shape index (κ2) is 3.13. The lowest BCUT2D eigenvalue weighted by molar-refractivity contribution is -0.306. The number of hydrogen-bond acceptors (Lipinski definition) is 5. The third-order valence-corrected chi connectivity index (χ3v) is 1.34. The fourth-order valence-electron chi connectivity index (χ4n) is 0.796. The van der Waals surface area contributed by atoms with Crippen molar-refractivity contribution in [2.75, 3.05) is 0 Å². The molecular formula is C6H4N2O5-2. The number of hydrogen-bond donors (Lipinski definition) is 2. The normalized spacial score (nSPS) is 21.1. The Labute approximate surface area is 72.0 Å². The Hall–Kier alpha value is -2.05. The van der Waals surface area contributed by atoms with E-state index >= 15 is 0 Å². The molecule has 0 radical (unpaired) electrons. The van der Waals surface area contributed by atoms with Crippen LogP contribution >= 0.6 is 0 Å². The van der Waals surface area contributed by atoms with Crippen molar-refractivity contribution in [3.8, 4) is 0 Å². The Morgan fingerprint density at radius 2 is 2.00 bits per heavy atom. The van der Waals surface area contributed by atoms with Crippen LogP contribution in [0, 0.1) is 0 Å². The minimum atomic E-state index is -1.65. The molecule has 7 nitrogen and oxygen atoms in total. The topological polar surface area (TPSA) is 121 Å². The lowest BCUT2D eigenvalue weighted by atomic mass is 10.2. The molecule has 0 saturated heterocycles. The van der Waals surface area contributed by atoms with Crippen LogP contribution < -0.4 is 20.8 Å². The second-order valence-corrected chi connectivity index (χ2v) is 2.26. The molecule has 0 aromatic carbocycles. The van der Waals surface area contributed by atoms with Crippen LogP contribution in [0.5, 0.6) is 0 Å². The highest BCUT2D eigenvalue weighted by atomic mass is 16.4. The van der Waals surface area contributed by atoms with Crippen LogP contribution in [0.25, 0.3) is 0 Å². The summed E-state index contributed by atoms with van der Waals surface area (Å²) < 4.78 is 0. The van der Waals surface area contributed by atoms with Crippen LogP contribution in [-0.2, 0) is 9.59 Å². The average molecular weight is 184 g/mol. The standard InChI is InChI=1S/C6H6N2O5/c9-4(10)2-1-3(5(11)12)8-6(13)7-2/h1-2H,(H,9,10)(H,11,12)(H2,7,8,13)/p-2. The van der Waals surface area contributed by atoms with Crippen LogP contribution in [0.1, 0.15) is 0 Å². The zero-order valence-electron chi connectivity index (χ0n) is 6.20. The van der Waals surface area contributed by atoms with Gasteiger partial charge in [-0.05, 0) is 6.08 Å². The van der Waals surface area contributed by atoms with E-state index < -0.39 is 29.7 Å². The molecule has 7 heteroatoms. The number of nitrogens with one attached hydrogen (secondary N) is 2. The number of carboxylic acid groups (broad SMARTS) is 2. The van der Waals surface area contributed by atoms with E-state index in [-0.39, 0.29) is 0 Å². The van der Waals surface area contributed by atoms with Gasteiger partial charge in [0.05, 0.1) is 23.7 Å². The number of amides is 2. The summed E-state index contributed by atoms with van der Waals surface area (Å²) in [5.74, 6) is -3.24. The van der Waals surface area contributed by atoms with Gasteiger partial charge in [-0.2, -0.15) is 0 Å². The minimum absolute atomic E-state index is 0.585. The third kappa shape index (κ3) is 1.95. The van der Waals surface area contributed by atoms with Gasteiger partial charge in [-0.1, -0.05) is 0 Å². The number of carbonyl (C=O) groups is 3. The van der Waals surface area contributed by atoms with Crippen LogP contribution in [0.4, 0.5) is 4.79 Å². The molecule has 0 aromatic rings. The molecule has 0 aromatic heterocycles. The maximum absolute atomic E-state index is 10.6. The van der Waals surface area contributed by atoms with Crippen molar-refractivity contribution >= 4 is 18.0 Å². The average Bonchev–Trinajstić information content (AvgIpc) is 2.03. The first kappa shape index (κ1) is 9.04. The molecular weight excluding hydrogens is 180 g/mol. The van der Waals surface area contributed by atoms with E-state index in [9.17, 15) is 24.6 Å². The van der Waals surface area contributed by atoms with E-state index in [1.165, 1.54) is 0 Å². The SMILES string of the molecule is O=C1NC(C(=O)[O-])=CC(C(=O)[O-])N1. The molecule has 1 atom stereocenters. The highest BCUT2D eigenvalue weighted by Gasteiger charge is 2.18. The molecule has 0 saturated carbocycles. The summed E-state index contributed by atoms with van der Waals surface area (Å²) in [6.45, 7) is 0. The van der Waals surface area contributed by atoms with E-state index in [1.807, 2.05) is 10.6 Å². The molecule has 1 unspecified atom stereocenters. The molecule has 1 rings (SSSR count). The Kier molecular flexibility index (Phi) is 2.18. The van der Waals surface area contributed by atoms with E-state index in [1.54, 1.807) is 0 Å². The van der Waals surface area contributed by atoms with Gasteiger partial charge in [-0.15, -0.1) is 0 Å². The Morgan fingerprint density at radius 1 is 1.38 bits per heavy atom. The molecule has 0 bridgehead atoms. The van der Waals surface area contributed by atoms with Gasteiger partial charge >= 0.3 is 6.03 Å². The van der Waals surface area contributed by atoms with Crippen LogP contribution in [0.3, 0.4) is 0 Å². The maximum atomic E-state index is 10.6. The predicted octanol–water partition coefficient (Wildman–Crippen LogP) is -3.95. The van der Waals surface area contributed by atoms with E-state index in [2.05, 4.69) is 0 Å².